The van der Waals surface area contributed by atoms with Crippen LogP contribution in [-0.2, 0) is 30.7 Å². The van der Waals surface area contributed by atoms with Crippen molar-refractivity contribution in [3.8, 4) is 0 Å². The average Bonchev–Trinajstić information content (AvgIpc) is 3.22. The summed E-state index contributed by atoms with van der Waals surface area (Å²) in [6.45, 7) is 11.2. The smallest absolute Gasteiger partial charge is 0.407 e. The minimum absolute atomic E-state index is 0.0304. The van der Waals surface area contributed by atoms with Gasteiger partial charge in [-0.25, -0.2) is 23.2 Å². The number of alkyl carbamates (subject to hydrolysis) is 1. The van der Waals surface area contributed by atoms with Crippen LogP contribution >= 0.6 is 11.6 Å². The fourth-order valence-electron chi connectivity index (χ4n) is 5.08. The van der Waals surface area contributed by atoms with Crippen LogP contribution in [0.5, 0.6) is 0 Å². The number of ether oxygens (including phenoxy) is 2. The van der Waals surface area contributed by atoms with Gasteiger partial charge in [0.05, 0.1) is 11.9 Å². The Morgan fingerprint density at radius 1 is 0.867 bits per heavy atom. The number of unbranched alkanes of at least 4 members (excludes halogenated alkanes) is 12. The van der Waals surface area contributed by atoms with Crippen LogP contribution in [0.1, 0.15) is 130 Å². The number of hydrogen-bond acceptors (Lipinski definition) is 9. The Balaban J connectivity index is 1.71. The molecule has 11 nitrogen and oxygen atoms in total. The van der Waals surface area contributed by atoms with E-state index in [1.165, 1.54) is 51.4 Å². The molecule has 0 bridgehead atoms. The maximum absolute atomic E-state index is 13.3. The molecule has 2 aromatic heterocycles. The molecule has 0 spiro atoms. The number of rotatable bonds is 21. The summed E-state index contributed by atoms with van der Waals surface area (Å²) in [5.41, 5.74) is -0.0889. The molecule has 0 saturated heterocycles. The highest BCUT2D eigenvalue weighted by molar-refractivity contribution is 7.91. The number of aryl methyl sites for hydroxylation is 2. The fourth-order valence-corrected chi connectivity index (χ4v) is 6.58. The van der Waals surface area contributed by atoms with Gasteiger partial charge in [0.15, 0.2) is 20.5 Å². The van der Waals surface area contributed by atoms with Crippen LogP contribution in [0.2, 0.25) is 5.28 Å². The third-order valence-corrected chi connectivity index (χ3v) is 8.98. The second-order valence-corrected chi connectivity index (χ2v) is 15.3. The van der Waals surface area contributed by atoms with Gasteiger partial charge in [0, 0.05) is 19.5 Å². The number of amides is 1. The lowest BCUT2D eigenvalue weighted by atomic mass is 10.0. The highest BCUT2D eigenvalue weighted by atomic mass is 35.5. The van der Waals surface area contributed by atoms with Crippen molar-refractivity contribution in [2.75, 3.05) is 12.3 Å². The van der Waals surface area contributed by atoms with Gasteiger partial charge in [-0.2, -0.15) is 4.98 Å². The van der Waals surface area contributed by atoms with Gasteiger partial charge in [-0.05, 0) is 66.0 Å². The summed E-state index contributed by atoms with van der Waals surface area (Å²) in [4.78, 5) is 36.2. The molecule has 0 atom stereocenters. The van der Waals surface area contributed by atoms with Crippen LogP contribution in [0.4, 0.5) is 4.79 Å². The molecule has 0 aliphatic rings. The van der Waals surface area contributed by atoms with Crippen LogP contribution in [0, 0.1) is 6.92 Å². The van der Waals surface area contributed by atoms with Crippen molar-refractivity contribution in [1.82, 2.24) is 24.8 Å². The minimum Gasteiger partial charge on any atom is -0.463 e. The number of hydrogen-bond donors (Lipinski definition) is 1. The molecule has 1 amide bonds. The monoisotopic (exact) mass is 671 g/mol. The van der Waals surface area contributed by atoms with E-state index in [-0.39, 0.29) is 40.3 Å². The van der Waals surface area contributed by atoms with Gasteiger partial charge in [0.25, 0.3) is 0 Å². The molecular formula is C32H54ClN5O6S. The number of nitrogens with one attached hydrogen (secondary N) is 1. The van der Waals surface area contributed by atoms with Crippen molar-refractivity contribution in [1.29, 1.82) is 0 Å². The summed E-state index contributed by atoms with van der Waals surface area (Å²) in [6.07, 6.45) is 14.7. The van der Waals surface area contributed by atoms with E-state index in [1.54, 1.807) is 20.8 Å². The van der Waals surface area contributed by atoms with Crippen LogP contribution in [0.3, 0.4) is 0 Å². The molecule has 256 valence electrons. The molecular weight excluding hydrogens is 618 g/mol. The van der Waals surface area contributed by atoms with E-state index in [4.69, 9.17) is 21.1 Å². The first-order chi connectivity index (χ1) is 21.2. The maximum Gasteiger partial charge on any atom is 0.407 e. The van der Waals surface area contributed by atoms with Crippen LogP contribution < -0.4 is 5.32 Å². The van der Waals surface area contributed by atoms with Crippen LogP contribution in [0.15, 0.2) is 5.03 Å². The van der Waals surface area contributed by atoms with Crippen LogP contribution in [-0.4, -0.2) is 64.0 Å². The standard InChI is InChI=1S/C32H54ClN5O6S/c1-24(2)43-26(39)20-18-16-14-12-10-8-7-9-11-13-15-17-19-22-38-25(3)35-28-27(38)29(37-30(33)36-28)45(41,42)23-21-34-31(40)44-32(4,5)6/h24H,7-23H2,1-6H3,(H,34,40). The normalized spacial score (nSPS) is 12.2. The van der Waals surface area contributed by atoms with E-state index in [0.717, 1.165) is 32.1 Å². The Labute approximate surface area is 274 Å². The van der Waals surface area contributed by atoms with Crippen molar-refractivity contribution in [3.05, 3.63) is 11.1 Å². The number of carbonyl (C=O) groups excluding carboxylic acids is 2. The summed E-state index contributed by atoms with van der Waals surface area (Å²) in [5, 5.41) is 2.13. The second kappa shape index (κ2) is 19.3. The average molecular weight is 672 g/mol. The van der Waals surface area contributed by atoms with E-state index < -0.39 is 21.5 Å². The predicted molar refractivity (Wildman–Crippen MR) is 177 cm³/mol. The van der Waals surface area contributed by atoms with Gasteiger partial charge in [0.2, 0.25) is 5.28 Å². The lowest BCUT2D eigenvalue weighted by Gasteiger charge is -2.19. The summed E-state index contributed by atoms with van der Waals surface area (Å²) >= 11 is 6.07. The Bertz CT molecular complexity index is 1320. The first-order valence-electron chi connectivity index (χ1n) is 16.5. The molecule has 0 aliphatic carbocycles. The lowest BCUT2D eigenvalue weighted by molar-refractivity contribution is -0.147. The van der Waals surface area contributed by atoms with Crippen molar-refractivity contribution in [3.63, 3.8) is 0 Å². The fraction of sp³-hybridized carbons (Fsp3) is 0.781. The Kier molecular flexibility index (Phi) is 16.6. The first-order valence-corrected chi connectivity index (χ1v) is 18.5. The number of esters is 1. The maximum atomic E-state index is 13.3. The number of aromatic nitrogens is 4. The first kappa shape index (κ1) is 38.7. The molecule has 45 heavy (non-hydrogen) atoms. The number of sulfone groups is 1. The summed E-state index contributed by atoms with van der Waals surface area (Å²) < 4.78 is 38.8. The van der Waals surface area contributed by atoms with Gasteiger partial charge < -0.3 is 19.4 Å². The van der Waals surface area contributed by atoms with Gasteiger partial charge in [-0.3, -0.25) is 4.79 Å². The minimum atomic E-state index is -3.91. The molecule has 2 aromatic rings. The highest BCUT2D eigenvalue weighted by Crippen LogP contribution is 2.25. The topological polar surface area (TPSA) is 142 Å². The Hall–Kier alpha value is -2.47. The second-order valence-electron chi connectivity index (χ2n) is 12.9. The van der Waals surface area contributed by atoms with E-state index in [9.17, 15) is 18.0 Å². The zero-order valence-electron chi connectivity index (χ0n) is 28.1. The molecule has 2 heterocycles. The van der Waals surface area contributed by atoms with E-state index in [1.807, 2.05) is 25.3 Å². The highest BCUT2D eigenvalue weighted by Gasteiger charge is 2.26. The zero-order chi connectivity index (χ0) is 33.5. The molecule has 0 unspecified atom stereocenters. The molecule has 0 aliphatic heterocycles. The molecule has 0 saturated carbocycles. The van der Waals surface area contributed by atoms with E-state index >= 15 is 0 Å². The van der Waals surface area contributed by atoms with Gasteiger partial charge in [-0.1, -0.05) is 70.6 Å². The number of nitrogens with zero attached hydrogens (tertiary/aromatic N) is 4. The van der Waals surface area contributed by atoms with Gasteiger partial charge in [0.1, 0.15) is 16.9 Å². The molecule has 2 rings (SSSR count). The third-order valence-electron chi connectivity index (χ3n) is 7.20. The van der Waals surface area contributed by atoms with E-state index in [0.29, 0.717) is 24.3 Å². The number of imidazole rings is 1. The predicted octanol–water partition coefficient (Wildman–Crippen LogP) is 7.50. The van der Waals surface area contributed by atoms with Crippen molar-refractivity contribution < 1.29 is 27.5 Å². The Morgan fingerprint density at radius 3 is 1.93 bits per heavy atom. The number of halogens is 1. The molecule has 0 aromatic carbocycles. The largest absolute Gasteiger partial charge is 0.463 e. The van der Waals surface area contributed by atoms with Gasteiger partial charge >= 0.3 is 12.1 Å². The third kappa shape index (κ3) is 15.1. The van der Waals surface area contributed by atoms with Crippen molar-refractivity contribution in [2.45, 2.75) is 155 Å². The summed E-state index contributed by atoms with van der Waals surface area (Å²) in [7, 11) is -3.91. The Morgan fingerprint density at radius 2 is 1.40 bits per heavy atom. The molecule has 0 fully saturated rings. The van der Waals surface area contributed by atoms with Crippen LogP contribution in [0.25, 0.3) is 11.2 Å². The quantitative estimate of drug-likeness (QED) is 0.0617. The molecule has 1 N–H and O–H groups in total. The zero-order valence-corrected chi connectivity index (χ0v) is 29.7. The summed E-state index contributed by atoms with van der Waals surface area (Å²) in [5.74, 6) is 0.201. The number of fused-ring (bicyclic) bond motifs is 1. The van der Waals surface area contributed by atoms with Crippen molar-refractivity contribution in [2.24, 2.45) is 0 Å². The summed E-state index contributed by atoms with van der Waals surface area (Å²) in [6, 6.07) is 0. The molecule has 0 radical (unpaired) electrons. The van der Waals surface area contributed by atoms with Gasteiger partial charge in [-0.15, -0.1) is 0 Å². The SMILES string of the molecule is Cc1nc2nc(Cl)nc(S(=O)(=O)CCNC(=O)OC(C)(C)C)c2n1CCCCCCCCCCCCCCCC(=O)OC(C)C. The molecule has 13 heteroatoms. The lowest BCUT2D eigenvalue weighted by Crippen LogP contribution is -2.35. The number of carbonyl (C=O) groups is 2. The van der Waals surface area contributed by atoms with Crippen molar-refractivity contribution >= 4 is 44.7 Å². The van der Waals surface area contributed by atoms with E-state index in [2.05, 4.69) is 20.3 Å².